The molecule has 0 saturated carbocycles. The minimum absolute atomic E-state index is 0.180. The molecule has 0 spiro atoms. The predicted octanol–water partition coefficient (Wildman–Crippen LogP) is 0.780. The molecule has 0 bridgehead atoms. The van der Waals surface area contributed by atoms with Gasteiger partial charge in [0.05, 0.1) is 12.2 Å². The van der Waals surface area contributed by atoms with Gasteiger partial charge in [0.1, 0.15) is 11.3 Å². The Morgan fingerprint density at radius 3 is 2.81 bits per heavy atom. The predicted molar refractivity (Wildman–Crippen MR) is 97.9 cm³/mol. The number of hydrogen-bond acceptors (Lipinski definition) is 6. The fourth-order valence-electron chi connectivity index (χ4n) is 3.22. The van der Waals surface area contributed by atoms with E-state index < -0.39 is 5.60 Å². The molecule has 2 aromatic heterocycles. The van der Waals surface area contributed by atoms with E-state index in [9.17, 15) is 9.90 Å². The molecule has 1 atom stereocenters. The number of amides is 1. The Bertz CT molecular complexity index is 760. The van der Waals surface area contributed by atoms with Gasteiger partial charge in [0.15, 0.2) is 0 Å². The maximum atomic E-state index is 12.5. The van der Waals surface area contributed by atoms with Crippen molar-refractivity contribution in [1.82, 2.24) is 25.1 Å². The molecule has 8 heteroatoms. The first-order valence-corrected chi connectivity index (χ1v) is 8.92. The highest BCUT2D eigenvalue weighted by molar-refractivity contribution is 5.92. The van der Waals surface area contributed by atoms with Crippen LogP contribution in [0.15, 0.2) is 24.5 Å². The SMILES string of the molecule is CC(C)Cc1cc(C(=O)NCC2(O)CCN(c3ncccn3)C2)n(C)n1. The van der Waals surface area contributed by atoms with Gasteiger partial charge in [-0.3, -0.25) is 9.48 Å². The molecule has 1 amide bonds. The molecule has 3 heterocycles. The molecule has 0 aliphatic carbocycles. The Morgan fingerprint density at radius 1 is 1.38 bits per heavy atom. The van der Waals surface area contributed by atoms with E-state index in [-0.39, 0.29) is 12.5 Å². The molecular weight excluding hydrogens is 332 g/mol. The monoisotopic (exact) mass is 358 g/mol. The zero-order valence-electron chi connectivity index (χ0n) is 15.5. The van der Waals surface area contributed by atoms with Crippen LogP contribution < -0.4 is 10.2 Å². The Balaban J connectivity index is 1.58. The second kappa shape index (κ2) is 7.41. The van der Waals surface area contributed by atoms with Gasteiger partial charge in [0, 0.05) is 32.5 Å². The summed E-state index contributed by atoms with van der Waals surface area (Å²) in [5.74, 6) is 0.851. The second-order valence-corrected chi connectivity index (χ2v) is 7.37. The first-order valence-electron chi connectivity index (χ1n) is 8.92. The third-order valence-corrected chi connectivity index (χ3v) is 4.53. The van der Waals surface area contributed by atoms with E-state index in [1.54, 1.807) is 30.2 Å². The summed E-state index contributed by atoms with van der Waals surface area (Å²) in [6.45, 7) is 5.46. The average molecular weight is 358 g/mol. The first kappa shape index (κ1) is 18.3. The van der Waals surface area contributed by atoms with Crippen LogP contribution in [0.2, 0.25) is 0 Å². The zero-order valence-corrected chi connectivity index (χ0v) is 15.5. The number of rotatable bonds is 6. The number of anilines is 1. The zero-order chi connectivity index (χ0) is 18.7. The van der Waals surface area contributed by atoms with E-state index in [2.05, 4.69) is 34.2 Å². The Hall–Kier alpha value is -2.48. The number of hydrogen-bond donors (Lipinski definition) is 2. The molecule has 2 aromatic rings. The molecule has 1 unspecified atom stereocenters. The number of nitrogens with one attached hydrogen (secondary N) is 1. The van der Waals surface area contributed by atoms with Crippen molar-refractivity contribution in [3.63, 3.8) is 0 Å². The lowest BCUT2D eigenvalue weighted by Gasteiger charge is -2.23. The van der Waals surface area contributed by atoms with Crippen LogP contribution >= 0.6 is 0 Å². The molecule has 0 radical (unpaired) electrons. The summed E-state index contributed by atoms with van der Waals surface area (Å²) >= 11 is 0. The highest BCUT2D eigenvalue weighted by Crippen LogP contribution is 2.23. The molecule has 1 aliphatic rings. The van der Waals surface area contributed by atoms with Gasteiger partial charge in [-0.05, 0) is 30.9 Å². The van der Waals surface area contributed by atoms with Gasteiger partial charge in [0.25, 0.3) is 5.91 Å². The fourth-order valence-corrected chi connectivity index (χ4v) is 3.22. The summed E-state index contributed by atoms with van der Waals surface area (Å²) in [6, 6.07) is 3.57. The highest BCUT2D eigenvalue weighted by Gasteiger charge is 2.37. The van der Waals surface area contributed by atoms with Gasteiger partial charge >= 0.3 is 0 Å². The van der Waals surface area contributed by atoms with Crippen LogP contribution in [0.4, 0.5) is 5.95 Å². The van der Waals surface area contributed by atoms with Crippen molar-refractivity contribution in [3.8, 4) is 0 Å². The lowest BCUT2D eigenvalue weighted by Crippen LogP contribution is -2.45. The van der Waals surface area contributed by atoms with Crippen molar-refractivity contribution >= 4 is 11.9 Å². The van der Waals surface area contributed by atoms with Crippen molar-refractivity contribution in [2.24, 2.45) is 13.0 Å². The summed E-state index contributed by atoms with van der Waals surface area (Å²) in [7, 11) is 1.76. The van der Waals surface area contributed by atoms with Crippen LogP contribution in [-0.2, 0) is 13.5 Å². The van der Waals surface area contributed by atoms with Gasteiger partial charge in [-0.2, -0.15) is 5.10 Å². The molecule has 26 heavy (non-hydrogen) atoms. The average Bonchev–Trinajstić information content (AvgIpc) is 3.17. The molecule has 1 saturated heterocycles. The number of nitrogens with zero attached hydrogens (tertiary/aromatic N) is 5. The van der Waals surface area contributed by atoms with E-state index >= 15 is 0 Å². The number of aliphatic hydroxyl groups is 1. The summed E-state index contributed by atoms with van der Waals surface area (Å²) in [5.41, 5.74) is 0.416. The van der Waals surface area contributed by atoms with Crippen LogP contribution in [-0.4, -0.2) is 56.0 Å². The second-order valence-electron chi connectivity index (χ2n) is 7.37. The maximum absolute atomic E-state index is 12.5. The van der Waals surface area contributed by atoms with E-state index in [0.29, 0.717) is 37.1 Å². The molecular formula is C18H26N6O2. The Labute approximate surface area is 153 Å². The Kier molecular flexibility index (Phi) is 5.22. The maximum Gasteiger partial charge on any atom is 0.269 e. The number of aryl methyl sites for hydroxylation is 1. The van der Waals surface area contributed by atoms with E-state index in [4.69, 9.17) is 0 Å². The van der Waals surface area contributed by atoms with Gasteiger partial charge in [0.2, 0.25) is 5.95 Å². The molecule has 140 valence electrons. The molecule has 1 aliphatic heterocycles. The minimum atomic E-state index is -0.992. The highest BCUT2D eigenvalue weighted by atomic mass is 16.3. The molecule has 2 N–H and O–H groups in total. The van der Waals surface area contributed by atoms with Crippen molar-refractivity contribution in [2.75, 3.05) is 24.5 Å². The van der Waals surface area contributed by atoms with Crippen molar-refractivity contribution in [1.29, 1.82) is 0 Å². The van der Waals surface area contributed by atoms with Crippen LogP contribution in [0.5, 0.6) is 0 Å². The summed E-state index contributed by atoms with van der Waals surface area (Å²) in [5, 5.41) is 18.0. The fraction of sp³-hybridized carbons (Fsp3) is 0.556. The van der Waals surface area contributed by atoms with E-state index in [0.717, 1.165) is 12.1 Å². The largest absolute Gasteiger partial charge is 0.386 e. The van der Waals surface area contributed by atoms with E-state index in [1.807, 2.05) is 11.0 Å². The molecule has 3 rings (SSSR count). The van der Waals surface area contributed by atoms with Gasteiger partial charge in [-0.25, -0.2) is 9.97 Å². The first-order chi connectivity index (χ1) is 12.4. The van der Waals surface area contributed by atoms with Crippen molar-refractivity contribution < 1.29 is 9.90 Å². The summed E-state index contributed by atoms with van der Waals surface area (Å²) in [4.78, 5) is 22.8. The standard InChI is InChI=1S/C18H26N6O2/c1-13(2)9-14-10-15(23(3)22-14)16(25)21-11-18(26)5-8-24(12-18)17-19-6-4-7-20-17/h4,6-7,10,13,26H,5,8-9,11-12H2,1-3H3,(H,21,25). The summed E-state index contributed by atoms with van der Waals surface area (Å²) < 4.78 is 1.59. The Morgan fingerprint density at radius 2 is 2.12 bits per heavy atom. The van der Waals surface area contributed by atoms with Gasteiger partial charge in [-0.1, -0.05) is 13.8 Å². The van der Waals surface area contributed by atoms with Gasteiger partial charge in [-0.15, -0.1) is 0 Å². The molecule has 1 fully saturated rings. The smallest absolute Gasteiger partial charge is 0.269 e. The minimum Gasteiger partial charge on any atom is -0.386 e. The number of carbonyl (C=O) groups is 1. The summed E-state index contributed by atoms with van der Waals surface area (Å²) in [6.07, 6.45) is 4.74. The van der Waals surface area contributed by atoms with Crippen LogP contribution in [0.1, 0.15) is 36.5 Å². The topological polar surface area (TPSA) is 96.2 Å². The molecule has 8 nitrogen and oxygen atoms in total. The normalized spacial score (nSPS) is 20.0. The number of β-amino-alcohol motifs (C(OH)–C–C–N with tert-alkyl or cyclic N) is 1. The van der Waals surface area contributed by atoms with Gasteiger partial charge < -0.3 is 15.3 Å². The lowest BCUT2D eigenvalue weighted by molar-refractivity contribution is 0.0572. The van der Waals surface area contributed by atoms with Crippen molar-refractivity contribution in [2.45, 2.75) is 32.3 Å². The lowest BCUT2D eigenvalue weighted by atomic mass is 10.0. The van der Waals surface area contributed by atoms with Crippen LogP contribution in [0.25, 0.3) is 0 Å². The third-order valence-electron chi connectivity index (χ3n) is 4.53. The van der Waals surface area contributed by atoms with Crippen LogP contribution in [0, 0.1) is 5.92 Å². The molecule has 0 aromatic carbocycles. The number of aromatic nitrogens is 4. The number of carbonyl (C=O) groups excluding carboxylic acids is 1. The third kappa shape index (κ3) is 4.19. The quantitative estimate of drug-likeness (QED) is 0.792. The van der Waals surface area contributed by atoms with Crippen LogP contribution in [0.3, 0.4) is 0 Å². The van der Waals surface area contributed by atoms with Crippen molar-refractivity contribution in [3.05, 3.63) is 35.9 Å². The van der Waals surface area contributed by atoms with E-state index in [1.165, 1.54) is 0 Å².